The third-order valence-corrected chi connectivity index (χ3v) is 5.47. The average Bonchev–Trinajstić information content (AvgIpc) is 2.58. The van der Waals surface area contributed by atoms with E-state index in [0.29, 0.717) is 39.7 Å². The van der Waals surface area contributed by atoms with Crippen LogP contribution in [0.5, 0.6) is 5.75 Å². The molecule has 1 aliphatic heterocycles. The number of benzene rings is 1. The fraction of sp³-hybridized carbons (Fsp3) is 0.368. The van der Waals surface area contributed by atoms with Gasteiger partial charge in [0.25, 0.3) is 5.79 Å². The summed E-state index contributed by atoms with van der Waals surface area (Å²) in [4.78, 5) is 24.8. The summed E-state index contributed by atoms with van der Waals surface area (Å²) in [5.41, 5.74) is 0.526. The highest BCUT2D eigenvalue weighted by atomic mass is 79.9. The molecule has 0 atom stereocenters. The van der Waals surface area contributed by atoms with Crippen LogP contribution >= 0.6 is 31.9 Å². The molecule has 0 N–H and O–H groups in total. The molecule has 0 unspecified atom stereocenters. The Kier molecular flexibility index (Phi) is 5.87. The van der Waals surface area contributed by atoms with Gasteiger partial charge in [-0.05, 0) is 68.5 Å². The van der Waals surface area contributed by atoms with Gasteiger partial charge in [-0.25, -0.2) is 9.59 Å². The Labute approximate surface area is 168 Å². The van der Waals surface area contributed by atoms with Gasteiger partial charge >= 0.3 is 11.9 Å². The zero-order valence-electron chi connectivity index (χ0n) is 14.1. The van der Waals surface area contributed by atoms with Crippen molar-refractivity contribution in [3.05, 3.63) is 44.9 Å². The van der Waals surface area contributed by atoms with Gasteiger partial charge in [0.1, 0.15) is 17.9 Å². The number of rotatable bonds is 4. The van der Waals surface area contributed by atoms with Gasteiger partial charge in [-0.1, -0.05) is 19.1 Å². The lowest BCUT2D eigenvalue weighted by Crippen LogP contribution is -2.47. The largest absolute Gasteiger partial charge is 0.487 e. The Balaban J connectivity index is 1.84. The number of esters is 2. The summed E-state index contributed by atoms with van der Waals surface area (Å²) in [6.45, 7) is 3.97. The van der Waals surface area contributed by atoms with Gasteiger partial charge in [-0.15, -0.1) is 0 Å². The van der Waals surface area contributed by atoms with Crippen molar-refractivity contribution in [3.63, 3.8) is 0 Å². The molecule has 1 aliphatic carbocycles. The topological polar surface area (TPSA) is 61.8 Å². The molecular weight excluding hydrogens is 468 g/mol. The van der Waals surface area contributed by atoms with Crippen LogP contribution in [0.2, 0.25) is 0 Å². The van der Waals surface area contributed by atoms with E-state index in [0.717, 1.165) is 19.3 Å². The molecule has 1 heterocycles. The van der Waals surface area contributed by atoms with Crippen molar-refractivity contribution in [2.75, 3.05) is 6.61 Å². The first kappa shape index (κ1) is 19.2. The van der Waals surface area contributed by atoms with Crippen LogP contribution in [0, 0.1) is 0 Å². The highest BCUT2D eigenvalue weighted by Gasteiger charge is 2.46. The van der Waals surface area contributed by atoms with Gasteiger partial charge < -0.3 is 14.2 Å². The van der Waals surface area contributed by atoms with E-state index < -0.39 is 17.7 Å². The number of carbonyl (C=O) groups is 2. The summed E-state index contributed by atoms with van der Waals surface area (Å²) in [5.74, 6) is -1.74. The summed E-state index contributed by atoms with van der Waals surface area (Å²) in [6, 6.07) is 3.50. The number of carbonyl (C=O) groups excluding carboxylic acids is 2. The quantitative estimate of drug-likeness (QED) is 0.262. The molecule has 1 spiro atoms. The van der Waals surface area contributed by atoms with Crippen molar-refractivity contribution in [1.29, 1.82) is 0 Å². The fourth-order valence-electron chi connectivity index (χ4n) is 3.07. The standard InChI is InChI=1S/C19H18Br2O5/c1-2-8-24-16-14(20)10-12(11-15(16)21)9-13-17(22)25-19(26-18(13)23)6-4-3-5-7-19/h2,9-11H,1,3-8H2. The summed E-state index contributed by atoms with van der Waals surface area (Å²) in [7, 11) is 0. The van der Waals surface area contributed by atoms with Crippen LogP contribution in [0.1, 0.15) is 37.7 Å². The van der Waals surface area contributed by atoms with E-state index in [1.54, 1.807) is 18.2 Å². The predicted molar refractivity (Wildman–Crippen MR) is 104 cm³/mol. The van der Waals surface area contributed by atoms with Crippen molar-refractivity contribution in [2.45, 2.75) is 37.9 Å². The molecule has 7 heteroatoms. The molecule has 0 radical (unpaired) electrons. The maximum absolute atomic E-state index is 12.4. The Morgan fingerprint density at radius 3 is 2.19 bits per heavy atom. The van der Waals surface area contributed by atoms with Crippen LogP contribution in [-0.4, -0.2) is 24.3 Å². The minimum Gasteiger partial charge on any atom is -0.487 e. The molecule has 1 saturated heterocycles. The zero-order valence-corrected chi connectivity index (χ0v) is 17.2. The highest BCUT2D eigenvalue weighted by molar-refractivity contribution is 9.11. The smallest absolute Gasteiger partial charge is 0.348 e. The summed E-state index contributed by atoms with van der Waals surface area (Å²) in [5, 5.41) is 0. The predicted octanol–water partition coefficient (Wildman–Crippen LogP) is 4.92. The maximum atomic E-state index is 12.4. The van der Waals surface area contributed by atoms with Crippen LogP contribution in [0.25, 0.3) is 6.08 Å². The van der Waals surface area contributed by atoms with E-state index in [-0.39, 0.29) is 5.57 Å². The van der Waals surface area contributed by atoms with Crippen LogP contribution < -0.4 is 4.74 Å². The Morgan fingerprint density at radius 1 is 1.08 bits per heavy atom. The molecule has 0 bridgehead atoms. The molecule has 138 valence electrons. The molecule has 26 heavy (non-hydrogen) atoms. The van der Waals surface area contributed by atoms with Crippen molar-refractivity contribution in [3.8, 4) is 5.75 Å². The second kappa shape index (κ2) is 7.96. The van der Waals surface area contributed by atoms with Gasteiger partial charge in [0.15, 0.2) is 0 Å². The van der Waals surface area contributed by atoms with E-state index >= 15 is 0 Å². The fourth-order valence-corrected chi connectivity index (χ4v) is 4.52. The number of hydrogen-bond donors (Lipinski definition) is 0. The molecule has 0 amide bonds. The minimum atomic E-state index is -1.08. The maximum Gasteiger partial charge on any atom is 0.348 e. The molecule has 1 aromatic rings. The third kappa shape index (κ3) is 4.04. The van der Waals surface area contributed by atoms with Gasteiger partial charge in [0, 0.05) is 12.8 Å². The van der Waals surface area contributed by atoms with E-state index in [2.05, 4.69) is 38.4 Å². The van der Waals surface area contributed by atoms with E-state index in [9.17, 15) is 9.59 Å². The normalized spacial score (nSPS) is 18.9. The molecular formula is C19H18Br2O5. The van der Waals surface area contributed by atoms with Crippen LogP contribution in [-0.2, 0) is 19.1 Å². The summed E-state index contributed by atoms with van der Waals surface area (Å²) >= 11 is 6.86. The average molecular weight is 486 g/mol. The van der Waals surface area contributed by atoms with Crippen LogP contribution in [0.4, 0.5) is 0 Å². The Bertz CT molecular complexity index is 733. The first-order valence-electron chi connectivity index (χ1n) is 8.35. The van der Waals surface area contributed by atoms with Crippen molar-refractivity contribution in [1.82, 2.24) is 0 Å². The second-order valence-corrected chi connectivity index (χ2v) is 7.93. The molecule has 0 aromatic heterocycles. The van der Waals surface area contributed by atoms with Crippen molar-refractivity contribution < 1.29 is 23.8 Å². The second-order valence-electron chi connectivity index (χ2n) is 6.22. The molecule has 1 aromatic carbocycles. The molecule has 3 rings (SSSR count). The molecule has 5 nitrogen and oxygen atoms in total. The van der Waals surface area contributed by atoms with Gasteiger partial charge in [0.2, 0.25) is 0 Å². The van der Waals surface area contributed by atoms with E-state index in [1.165, 1.54) is 6.08 Å². The number of halogens is 2. The van der Waals surface area contributed by atoms with Crippen molar-refractivity contribution >= 4 is 49.9 Å². The SMILES string of the molecule is C=CCOc1c(Br)cc(C=C2C(=O)OC3(CCCCC3)OC2=O)cc1Br. The lowest BCUT2D eigenvalue weighted by atomic mass is 9.93. The molecule has 2 aliphatic rings. The summed E-state index contributed by atoms with van der Waals surface area (Å²) < 4.78 is 17.9. The molecule has 1 saturated carbocycles. The monoisotopic (exact) mass is 484 g/mol. The van der Waals surface area contributed by atoms with Crippen LogP contribution in [0.15, 0.2) is 39.3 Å². The Morgan fingerprint density at radius 2 is 1.65 bits per heavy atom. The number of ether oxygens (including phenoxy) is 3. The van der Waals surface area contributed by atoms with E-state index in [4.69, 9.17) is 14.2 Å². The lowest BCUT2D eigenvalue weighted by Gasteiger charge is -2.38. The zero-order chi connectivity index (χ0) is 18.7. The lowest BCUT2D eigenvalue weighted by molar-refractivity contribution is -0.244. The van der Waals surface area contributed by atoms with E-state index in [1.807, 2.05) is 0 Å². The van der Waals surface area contributed by atoms with Gasteiger partial charge in [-0.3, -0.25) is 0 Å². The van der Waals surface area contributed by atoms with Gasteiger partial charge in [0.05, 0.1) is 8.95 Å². The van der Waals surface area contributed by atoms with Gasteiger partial charge in [-0.2, -0.15) is 0 Å². The highest BCUT2D eigenvalue weighted by Crippen LogP contribution is 2.39. The first-order chi connectivity index (χ1) is 12.4. The Hall–Kier alpha value is -1.60. The minimum absolute atomic E-state index is 0.111. The number of hydrogen-bond acceptors (Lipinski definition) is 5. The third-order valence-electron chi connectivity index (χ3n) is 4.29. The summed E-state index contributed by atoms with van der Waals surface area (Å²) in [6.07, 6.45) is 7.05. The van der Waals surface area contributed by atoms with Crippen LogP contribution in [0.3, 0.4) is 0 Å². The molecule has 2 fully saturated rings. The first-order valence-corrected chi connectivity index (χ1v) is 9.94. The van der Waals surface area contributed by atoms with Crippen molar-refractivity contribution in [2.24, 2.45) is 0 Å².